The summed E-state index contributed by atoms with van der Waals surface area (Å²) in [5, 5.41) is 0. The van der Waals surface area contributed by atoms with Crippen LogP contribution < -0.4 is 0 Å². The maximum Gasteiger partial charge on any atom is 0.136 e. The highest BCUT2D eigenvalue weighted by atomic mass is 32.2. The summed E-state index contributed by atoms with van der Waals surface area (Å²) in [6.45, 7) is 2.00. The summed E-state index contributed by atoms with van der Waals surface area (Å²) >= 11 is 1.65. The van der Waals surface area contributed by atoms with Gasteiger partial charge in [0, 0.05) is 26.2 Å². The van der Waals surface area contributed by atoms with E-state index in [9.17, 15) is 0 Å². The Labute approximate surface area is 124 Å². The van der Waals surface area contributed by atoms with Crippen molar-refractivity contribution in [3.63, 3.8) is 0 Å². The van der Waals surface area contributed by atoms with Gasteiger partial charge < -0.3 is 18.9 Å². The molecule has 0 aromatic heterocycles. The van der Waals surface area contributed by atoms with Gasteiger partial charge in [-0.3, -0.25) is 0 Å². The largest absolute Gasteiger partial charge is 0.376 e. The van der Waals surface area contributed by atoms with E-state index >= 15 is 0 Å². The van der Waals surface area contributed by atoms with E-state index < -0.39 is 0 Å². The Morgan fingerprint density at radius 1 is 0.900 bits per heavy atom. The first-order valence-corrected chi connectivity index (χ1v) is 7.54. The summed E-state index contributed by atoms with van der Waals surface area (Å²) in [5.41, 5.74) is -0.117. The van der Waals surface area contributed by atoms with E-state index in [0.717, 1.165) is 4.90 Å². The molecule has 0 radical (unpaired) electrons. The van der Waals surface area contributed by atoms with Gasteiger partial charge in [0.25, 0.3) is 0 Å². The first-order valence-electron chi connectivity index (χ1n) is 6.66. The van der Waals surface area contributed by atoms with Crippen LogP contribution in [0.5, 0.6) is 0 Å². The highest BCUT2D eigenvalue weighted by Crippen LogP contribution is 2.36. The van der Waals surface area contributed by atoms with Crippen LogP contribution in [0.3, 0.4) is 0 Å². The Bertz CT molecular complexity index is 400. The topological polar surface area (TPSA) is 36.9 Å². The smallest absolute Gasteiger partial charge is 0.136 e. The first-order chi connectivity index (χ1) is 9.71. The van der Waals surface area contributed by atoms with E-state index in [1.54, 1.807) is 33.1 Å². The van der Waals surface area contributed by atoms with Gasteiger partial charge in [-0.2, -0.15) is 0 Å². The van der Waals surface area contributed by atoms with Crippen LogP contribution in [0.15, 0.2) is 35.2 Å². The Balaban J connectivity index is 2.15. The molecule has 5 atom stereocenters. The Morgan fingerprint density at radius 2 is 1.50 bits per heavy atom. The van der Waals surface area contributed by atoms with Crippen LogP contribution in [0, 0.1) is 0 Å². The molecule has 0 unspecified atom stereocenters. The van der Waals surface area contributed by atoms with Crippen molar-refractivity contribution in [2.24, 2.45) is 0 Å². The average Bonchev–Trinajstić information content (AvgIpc) is 2.47. The number of benzene rings is 1. The number of hydrogen-bond donors (Lipinski definition) is 0. The number of ether oxygens (including phenoxy) is 4. The maximum absolute atomic E-state index is 6.06. The van der Waals surface area contributed by atoms with Crippen molar-refractivity contribution >= 4 is 11.8 Å². The van der Waals surface area contributed by atoms with Gasteiger partial charge in [0.15, 0.2) is 0 Å². The first kappa shape index (κ1) is 15.8. The molecule has 112 valence electrons. The van der Waals surface area contributed by atoms with E-state index in [1.165, 1.54) is 0 Å². The third kappa shape index (κ3) is 3.35. The zero-order valence-electron chi connectivity index (χ0n) is 12.3. The summed E-state index contributed by atoms with van der Waals surface area (Å²) in [6.07, 6.45) is -0.489. The fraction of sp³-hybridized carbons (Fsp3) is 0.600. The molecule has 1 aromatic carbocycles. The standard InChI is InChI=1S/C15H22O4S/c1-10-12(16-2)13(17-3)14(18-4)15(19-10)20-11-8-6-5-7-9-11/h5-10,12-15H,1-4H3/t10-,12+,13+,14-,15+/m0/s1. The summed E-state index contributed by atoms with van der Waals surface area (Å²) in [4.78, 5) is 1.15. The zero-order valence-corrected chi connectivity index (χ0v) is 13.1. The lowest BCUT2D eigenvalue weighted by molar-refractivity contribution is -0.216. The molecule has 1 fully saturated rings. The second kappa shape index (κ2) is 7.43. The van der Waals surface area contributed by atoms with E-state index in [0.29, 0.717) is 0 Å². The van der Waals surface area contributed by atoms with Crippen LogP contribution in [-0.4, -0.2) is 51.2 Å². The molecule has 0 aliphatic carbocycles. The zero-order chi connectivity index (χ0) is 14.5. The van der Waals surface area contributed by atoms with E-state index in [-0.39, 0.29) is 29.9 Å². The Kier molecular flexibility index (Phi) is 5.86. The van der Waals surface area contributed by atoms with Crippen molar-refractivity contribution in [2.45, 2.75) is 41.7 Å². The molecule has 0 spiro atoms. The summed E-state index contributed by atoms with van der Waals surface area (Å²) < 4.78 is 22.8. The van der Waals surface area contributed by atoms with Gasteiger partial charge in [0.05, 0.1) is 6.10 Å². The molecule has 1 saturated heterocycles. The second-order valence-electron chi connectivity index (χ2n) is 4.74. The third-order valence-electron chi connectivity index (χ3n) is 3.54. The molecule has 1 aromatic rings. The molecule has 5 heteroatoms. The molecule has 1 aliphatic rings. The molecule has 4 nitrogen and oxygen atoms in total. The highest BCUT2D eigenvalue weighted by molar-refractivity contribution is 7.99. The highest BCUT2D eigenvalue weighted by Gasteiger charge is 2.45. The average molecular weight is 298 g/mol. The van der Waals surface area contributed by atoms with Crippen LogP contribution in [0.25, 0.3) is 0 Å². The second-order valence-corrected chi connectivity index (χ2v) is 5.91. The van der Waals surface area contributed by atoms with Gasteiger partial charge in [0.1, 0.15) is 23.7 Å². The van der Waals surface area contributed by atoms with E-state index in [2.05, 4.69) is 12.1 Å². The van der Waals surface area contributed by atoms with Crippen LogP contribution in [0.4, 0.5) is 0 Å². The summed E-state index contributed by atoms with van der Waals surface area (Å²) in [5.74, 6) is 0. The number of hydrogen-bond acceptors (Lipinski definition) is 5. The number of methoxy groups -OCH3 is 3. The van der Waals surface area contributed by atoms with Crippen molar-refractivity contribution in [3.05, 3.63) is 30.3 Å². The minimum atomic E-state index is -0.175. The molecule has 0 amide bonds. The van der Waals surface area contributed by atoms with Crippen LogP contribution >= 0.6 is 11.8 Å². The molecule has 0 N–H and O–H groups in total. The third-order valence-corrected chi connectivity index (χ3v) is 4.70. The van der Waals surface area contributed by atoms with Gasteiger partial charge in [-0.25, -0.2) is 0 Å². The lowest BCUT2D eigenvalue weighted by Gasteiger charge is -2.43. The quantitative estimate of drug-likeness (QED) is 0.835. The fourth-order valence-electron chi connectivity index (χ4n) is 2.54. The maximum atomic E-state index is 6.06. The molecule has 0 saturated carbocycles. The SMILES string of the molecule is CO[C@@H]1[C@H](OC)[C@H](C)O[C@H](Sc2ccccc2)[C@H]1OC. The lowest BCUT2D eigenvalue weighted by Crippen LogP contribution is -2.57. The summed E-state index contributed by atoms with van der Waals surface area (Å²) in [6, 6.07) is 10.2. The summed E-state index contributed by atoms with van der Waals surface area (Å²) in [7, 11) is 5.04. The monoisotopic (exact) mass is 298 g/mol. The van der Waals surface area contributed by atoms with Gasteiger partial charge in [-0.15, -0.1) is 0 Å². The number of rotatable bonds is 5. The Hall–Kier alpha value is -0.590. The molecule has 0 bridgehead atoms. The predicted octanol–water partition coefficient (Wildman–Crippen LogP) is 2.57. The molecule has 1 heterocycles. The normalized spacial score (nSPS) is 34.1. The van der Waals surface area contributed by atoms with Crippen molar-refractivity contribution in [2.75, 3.05) is 21.3 Å². The lowest BCUT2D eigenvalue weighted by atomic mass is 10.0. The van der Waals surface area contributed by atoms with Gasteiger partial charge in [-0.05, 0) is 19.1 Å². The van der Waals surface area contributed by atoms with Crippen LogP contribution in [0.1, 0.15) is 6.92 Å². The van der Waals surface area contributed by atoms with Gasteiger partial charge in [0.2, 0.25) is 0 Å². The minimum absolute atomic E-state index is 0.0439. The molecular weight excluding hydrogens is 276 g/mol. The van der Waals surface area contributed by atoms with Gasteiger partial charge in [-0.1, -0.05) is 30.0 Å². The van der Waals surface area contributed by atoms with Crippen molar-refractivity contribution < 1.29 is 18.9 Å². The molecule has 2 rings (SSSR count). The fourth-order valence-corrected chi connectivity index (χ4v) is 3.76. The van der Waals surface area contributed by atoms with E-state index in [1.807, 2.05) is 25.1 Å². The molecule has 20 heavy (non-hydrogen) atoms. The van der Waals surface area contributed by atoms with Crippen molar-refractivity contribution in [1.29, 1.82) is 0 Å². The van der Waals surface area contributed by atoms with Crippen LogP contribution in [-0.2, 0) is 18.9 Å². The van der Waals surface area contributed by atoms with E-state index in [4.69, 9.17) is 18.9 Å². The minimum Gasteiger partial charge on any atom is -0.376 e. The van der Waals surface area contributed by atoms with Crippen LogP contribution in [0.2, 0.25) is 0 Å². The Morgan fingerprint density at radius 3 is 2.05 bits per heavy atom. The molecule has 1 aliphatic heterocycles. The molecular formula is C15H22O4S. The predicted molar refractivity (Wildman–Crippen MR) is 79.0 cm³/mol. The van der Waals surface area contributed by atoms with Crippen molar-refractivity contribution in [3.8, 4) is 0 Å². The van der Waals surface area contributed by atoms with Crippen molar-refractivity contribution in [1.82, 2.24) is 0 Å². The van der Waals surface area contributed by atoms with Gasteiger partial charge >= 0.3 is 0 Å². The number of thioether (sulfide) groups is 1.